The van der Waals surface area contributed by atoms with Gasteiger partial charge in [-0.25, -0.2) is 0 Å². The van der Waals surface area contributed by atoms with Crippen LogP contribution in [0.3, 0.4) is 0 Å². The highest BCUT2D eigenvalue weighted by molar-refractivity contribution is 5.60. The highest BCUT2D eigenvalue weighted by Crippen LogP contribution is 2.25. The van der Waals surface area contributed by atoms with E-state index in [-0.39, 0.29) is 23.6 Å². The van der Waals surface area contributed by atoms with E-state index in [2.05, 4.69) is 20.3 Å². The predicted octanol–water partition coefficient (Wildman–Crippen LogP) is 2.08. The van der Waals surface area contributed by atoms with Crippen molar-refractivity contribution < 1.29 is 5.11 Å². The van der Waals surface area contributed by atoms with E-state index in [1.807, 2.05) is 36.4 Å². The molecule has 0 fully saturated rings. The highest BCUT2D eigenvalue weighted by Gasteiger charge is 2.08. The fourth-order valence-electron chi connectivity index (χ4n) is 2.25. The van der Waals surface area contributed by atoms with Gasteiger partial charge in [0, 0.05) is 12.1 Å². The van der Waals surface area contributed by atoms with Crippen LogP contribution in [0.15, 0.2) is 48.5 Å². The van der Waals surface area contributed by atoms with Crippen LogP contribution in [0.5, 0.6) is 5.75 Å². The molecule has 0 radical (unpaired) electrons. The van der Waals surface area contributed by atoms with Crippen molar-refractivity contribution in [1.29, 1.82) is 0 Å². The van der Waals surface area contributed by atoms with Gasteiger partial charge in [0.05, 0.1) is 0 Å². The Labute approximate surface area is 133 Å². The topological polar surface area (TPSA) is 123 Å². The molecule has 0 bridgehead atoms. The van der Waals surface area contributed by atoms with Crippen LogP contribution in [0.25, 0.3) is 0 Å². The summed E-state index contributed by atoms with van der Waals surface area (Å²) in [6, 6.07) is 14.9. The molecule has 3 rings (SSSR count). The maximum atomic E-state index is 9.94. The van der Waals surface area contributed by atoms with Crippen molar-refractivity contribution in [2.24, 2.45) is 0 Å². The van der Waals surface area contributed by atoms with Crippen LogP contribution in [0, 0.1) is 0 Å². The summed E-state index contributed by atoms with van der Waals surface area (Å²) < 4.78 is 0. The zero-order valence-corrected chi connectivity index (χ0v) is 12.3. The summed E-state index contributed by atoms with van der Waals surface area (Å²) in [5.74, 6) is 0.645. The normalized spacial score (nSPS) is 10.4. The zero-order valence-electron chi connectivity index (χ0n) is 12.3. The van der Waals surface area contributed by atoms with Gasteiger partial charge in [-0.05, 0) is 23.3 Å². The number of rotatable bonds is 4. The molecule has 1 aromatic heterocycles. The lowest BCUT2D eigenvalue weighted by molar-refractivity contribution is 0.469. The largest absolute Gasteiger partial charge is 0.508 e. The number of aromatic nitrogens is 3. The predicted molar refractivity (Wildman–Crippen MR) is 89.3 cm³/mol. The van der Waals surface area contributed by atoms with Gasteiger partial charge < -0.3 is 21.9 Å². The van der Waals surface area contributed by atoms with E-state index in [9.17, 15) is 5.11 Å². The summed E-state index contributed by atoms with van der Waals surface area (Å²) in [4.78, 5) is 11.8. The maximum absolute atomic E-state index is 9.94. The summed E-state index contributed by atoms with van der Waals surface area (Å²) in [5.41, 5.74) is 13.8. The van der Waals surface area contributed by atoms with Gasteiger partial charge >= 0.3 is 0 Å². The van der Waals surface area contributed by atoms with Crippen molar-refractivity contribution in [3.63, 3.8) is 0 Å². The van der Waals surface area contributed by atoms with E-state index < -0.39 is 0 Å². The molecule has 0 aliphatic heterocycles. The number of benzene rings is 2. The molecule has 2 aromatic carbocycles. The SMILES string of the molecule is Nc1nc(N)nc(Nc2ccccc2Cc2ccccc2O)n1. The first-order valence-corrected chi connectivity index (χ1v) is 7.00. The molecule has 1 heterocycles. The Kier molecular flexibility index (Phi) is 3.92. The minimum absolute atomic E-state index is 0.0539. The average molecular weight is 308 g/mol. The van der Waals surface area contributed by atoms with Gasteiger partial charge in [0.2, 0.25) is 17.8 Å². The Bertz CT molecular complexity index is 816. The first kappa shape index (κ1) is 14.6. The van der Waals surface area contributed by atoms with Crippen LogP contribution in [0.1, 0.15) is 11.1 Å². The zero-order chi connectivity index (χ0) is 16.2. The van der Waals surface area contributed by atoms with E-state index in [1.165, 1.54) is 0 Å². The van der Waals surface area contributed by atoms with Gasteiger partial charge in [0.15, 0.2) is 0 Å². The quantitative estimate of drug-likeness (QED) is 0.581. The molecule has 0 spiro atoms. The van der Waals surface area contributed by atoms with Crippen LogP contribution >= 0.6 is 0 Å². The maximum Gasteiger partial charge on any atom is 0.233 e. The first-order chi connectivity index (χ1) is 11.1. The third-order valence-electron chi connectivity index (χ3n) is 3.31. The Balaban J connectivity index is 1.90. The van der Waals surface area contributed by atoms with Gasteiger partial charge in [-0.1, -0.05) is 36.4 Å². The summed E-state index contributed by atoms with van der Waals surface area (Å²) >= 11 is 0. The molecule has 0 unspecified atom stereocenters. The van der Waals surface area contributed by atoms with E-state index in [1.54, 1.807) is 12.1 Å². The molecule has 116 valence electrons. The number of phenols is 1. The van der Waals surface area contributed by atoms with Gasteiger partial charge in [-0.2, -0.15) is 15.0 Å². The van der Waals surface area contributed by atoms with Crippen LogP contribution in [-0.2, 0) is 6.42 Å². The average Bonchev–Trinajstić information content (AvgIpc) is 2.50. The fourth-order valence-corrected chi connectivity index (χ4v) is 2.25. The molecule has 7 heteroatoms. The highest BCUT2D eigenvalue weighted by atomic mass is 16.3. The van der Waals surface area contributed by atoms with Gasteiger partial charge in [-0.3, -0.25) is 0 Å². The lowest BCUT2D eigenvalue weighted by atomic mass is 10.0. The molecule has 7 nitrogen and oxygen atoms in total. The summed E-state index contributed by atoms with van der Waals surface area (Å²) in [5, 5.41) is 13.0. The van der Waals surface area contributed by atoms with Crippen LogP contribution in [0.2, 0.25) is 0 Å². The second kappa shape index (κ2) is 6.18. The number of nitrogens with zero attached hydrogens (tertiary/aromatic N) is 3. The molecule has 6 N–H and O–H groups in total. The van der Waals surface area contributed by atoms with Crippen molar-refractivity contribution in [3.8, 4) is 5.75 Å². The van der Waals surface area contributed by atoms with Crippen molar-refractivity contribution in [3.05, 3.63) is 59.7 Å². The lowest BCUT2D eigenvalue weighted by Gasteiger charge is -2.12. The minimum Gasteiger partial charge on any atom is -0.508 e. The molecule has 23 heavy (non-hydrogen) atoms. The number of para-hydroxylation sites is 2. The van der Waals surface area contributed by atoms with Crippen molar-refractivity contribution in [1.82, 2.24) is 15.0 Å². The van der Waals surface area contributed by atoms with Crippen LogP contribution in [0.4, 0.5) is 23.5 Å². The number of phenolic OH excluding ortho intramolecular Hbond substituents is 1. The van der Waals surface area contributed by atoms with Crippen LogP contribution < -0.4 is 16.8 Å². The van der Waals surface area contributed by atoms with Crippen molar-refractivity contribution in [2.75, 3.05) is 16.8 Å². The molecule has 0 aliphatic carbocycles. The molecule has 0 atom stereocenters. The summed E-state index contributed by atoms with van der Waals surface area (Å²) in [7, 11) is 0. The van der Waals surface area contributed by atoms with Crippen LogP contribution in [-0.4, -0.2) is 20.1 Å². The monoisotopic (exact) mass is 308 g/mol. The van der Waals surface area contributed by atoms with Crippen molar-refractivity contribution in [2.45, 2.75) is 6.42 Å². The minimum atomic E-state index is 0.0539. The Morgan fingerprint density at radius 2 is 1.43 bits per heavy atom. The lowest BCUT2D eigenvalue weighted by Crippen LogP contribution is -2.07. The Morgan fingerprint density at radius 3 is 2.13 bits per heavy atom. The summed E-state index contributed by atoms with van der Waals surface area (Å²) in [6.45, 7) is 0. The molecule has 0 amide bonds. The third-order valence-corrected chi connectivity index (χ3v) is 3.31. The first-order valence-electron chi connectivity index (χ1n) is 7.00. The molecule has 3 aromatic rings. The molecular formula is C16H16N6O. The standard InChI is InChI=1S/C16H16N6O/c17-14-20-15(18)22-16(21-14)19-12-7-3-1-5-10(12)9-11-6-2-4-8-13(11)23/h1-8,23H,9H2,(H5,17,18,19,20,21,22). The van der Waals surface area contributed by atoms with Gasteiger partial charge in [0.1, 0.15) is 5.75 Å². The van der Waals surface area contributed by atoms with Gasteiger partial charge in [-0.15, -0.1) is 0 Å². The number of hydrogen-bond acceptors (Lipinski definition) is 7. The number of hydrogen-bond donors (Lipinski definition) is 4. The van der Waals surface area contributed by atoms with Gasteiger partial charge in [0.25, 0.3) is 0 Å². The number of nitrogen functional groups attached to an aromatic ring is 2. The Hall–Kier alpha value is -3.35. The van der Waals surface area contributed by atoms with E-state index in [4.69, 9.17) is 11.5 Å². The Morgan fingerprint density at radius 1 is 0.826 bits per heavy atom. The third kappa shape index (κ3) is 3.46. The van der Waals surface area contributed by atoms with E-state index >= 15 is 0 Å². The molecule has 0 aliphatic rings. The summed E-state index contributed by atoms with van der Waals surface area (Å²) in [6.07, 6.45) is 0.561. The van der Waals surface area contributed by atoms with E-state index in [0.717, 1.165) is 16.8 Å². The number of nitrogens with two attached hydrogens (primary N) is 2. The molecule has 0 saturated heterocycles. The number of nitrogens with one attached hydrogen (secondary N) is 1. The molecular weight excluding hydrogens is 292 g/mol. The second-order valence-corrected chi connectivity index (χ2v) is 4.96. The fraction of sp³-hybridized carbons (Fsp3) is 0.0625. The number of anilines is 4. The van der Waals surface area contributed by atoms with E-state index in [0.29, 0.717) is 6.42 Å². The number of aromatic hydroxyl groups is 1. The second-order valence-electron chi connectivity index (χ2n) is 4.96. The molecule has 0 saturated carbocycles. The van der Waals surface area contributed by atoms with Crippen molar-refractivity contribution >= 4 is 23.5 Å². The smallest absolute Gasteiger partial charge is 0.233 e.